The summed E-state index contributed by atoms with van der Waals surface area (Å²) in [7, 11) is 3.66. The summed E-state index contributed by atoms with van der Waals surface area (Å²) in [5.41, 5.74) is 8.92. The van der Waals surface area contributed by atoms with E-state index in [4.69, 9.17) is 17.3 Å². The van der Waals surface area contributed by atoms with Crippen LogP contribution in [0.15, 0.2) is 6.20 Å². The number of rotatable bonds is 2. The van der Waals surface area contributed by atoms with Gasteiger partial charge in [-0.1, -0.05) is 0 Å². The summed E-state index contributed by atoms with van der Waals surface area (Å²) < 4.78 is 0. The standard InChI is InChI=1S/C6H10ClN5/c1-12(2)11-5-4(8)3-9-6(7)10-5/h3H,8H2,1-2H3,(H,9,10,11). The molecule has 0 radical (unpaired) electrons. The van der Waals surface area contributed by atoms with E-state index in [2.05, 4.69) is 15.4 Å². The lowest BCUT2D eigenvalue weighted by Crippen LogP contribution is -2.21. The molecule has 0 aliphatic rings. The first-order valence-corrected chi connectivity index (χ1v) is 3.69. The predicted octanol–water partition coefficient (Wildman–Crippen LogP) is 0.601. The number of hydrazine groups is 1. The fraction of sp³-hybridized carbons (Fsp3) is 0.333. The van der Waals surface area contributed by atoms with Crippen LogP contribution in [0.2, 0.25) is 5.28 Å². The summed E-state index contributed by atoms with van der Waals surface area (Å²) in [4.78, 5) is 7.61. The Bertz CT molecular complexity index is 275. The number of anilines is 2. The van der Waals surface area contributed by atoms with Crippen LogP contribution in [0, 0.1) is 0 Å². The van der Waals surface area contributed by atoms with Crippen LogP contribution in [0.25, 0.3) is 0 Å². The summed E-state index contributed by atoms with van der Waals surface area (Å²) in [5.74, 6) is 0.514. The van der Waals surface area contributed by atoms with Gasteiger partial charge in [-0.15, -0.1) is 0 Å². The van der Waals surface area contributed by atoms with Crippen LogP contribution in [-0.2, 0) is 0 Å². The van der Waals surface area contributed by atoms with Crippen molar-refractivity contribution in [2.75, 3.05) is 25.3 Å². The molecule has 3 N–H and O–H groups in total. The number of halogens is 1. The van der Waals surface area contributed by atoms with Crippen LogP contribution in [0.3, 0.4) is 0 Å². The lowest BCUT2D eigenvalue weighted by molar-refractivity contribution is 0.492. The Morgan fingerprint density at radius 1 is 1.58 bits per heavy atom. The van der Waals surface area contributed by atoms with Gasteiger partial charge in [-0.3, -0.25) is 0 Å². The number of nitrogens with zero attached hydrogens (tertiary/aromatic N) is 3. The third kappa shape index (κ3) is 2.21. The minimum Gasteiger partial charge on any atom is -0.394 e. The van der Waals surface area contributed by atoms with Gasteiger partial charge >= 0.3 is 0 Å². The summed E-state index contributed by atoms with van der Waals surface area (Å²) in [5, 5.41) is 1.89. The van der Waals surface area contributed by atoms with Gasteiger partial charge in [0.05, 0.1) is 11.9 Å². The first-order valence-electron chi connectivity index (χ1n) is 3.31. The molecule has 0 aliphatic carbocycles. The third-order valence-electron chi connectivity index (χ3n) is 1.12. The molecule has 1 heterocycles. The maximum Gasteiger partial charge on any atom is 0.224 e. The minimum absolute atomic E-state index is 0.175. The Hall–Kier alpha value is -1.07. The third-order valence-corrected chi connectivity index (χ3v) is 1.30. The molecule has 0 saturated heterocycles. The number of hydrogen-bond acceptors (Lipinski definition) is 5. The Labute approximate surface area is 75.5 Å². The molecule has 66 valence electrons. The van der Waals surface area contributed by atoms with Gasteiger partial charge < -0.3 is 11.2 Å². The van der Waals surface area contributed by atoms with Crippen LogP contribution < -0.4 is 11.2 Å². The average molecular weight is 188 g/mol. The second kappa shape index (κ2) is 3.55. The SMILES string of the molecule is CN(C)Nc1nc(Cl)ncc1N. The molecule has 0 fully saturated rings. The van der Waals surface area contributed by atoms with E-state index >= 15 is 0 Å². The molecule has 0 saturated carbocycles. The highest BCUT2D eigenvalue weighted by molar-refractivity contribution is 6.28. The summed E-state index contributed by atoms with van der Waals surface area (Å²) in [6.45, 7) is 0. The highest BCUT2D eigenvalue weighted by Gasteiger charge is 2.02. The second-order valence-corrected chi connectivity index (χ2v) is 2.79. The van der Waals surface area contributed by atoms with E-state index in [-0.39, 0.29) is 5.28 Å². The topological polar surface area (TPSA) is 67.1 Å². The van der Waals surface area contributed by atoms with E-state index in [1.807, 2.05) is 14.1 Å². The lowest BCUT2D eigenvalue weighted by atomic mass is 10.5. The molecule has 1 aromatic rings. The first kappa shape index (κ1) is 9.02. The van der Waals surface area contributed by atoms with Crippen LogP contribution in [-0.4, -0.2) is 29.1 Å². The minimum atomic E-state index is 0.175. The predicted molar refractivity (Wildman–Crippen MR) is 48.8 cm³/mol. The van der Waals surface area contributed by atoms with E-state index in [9.17, 15) is 0 Å². The number of nitrogen functional groups attached to an aromatic ring is 1. The van der Waals surface area contributed by atoms with Crippen molar-refractivity contribution in [1.29, 1.82) is 0 Å². The van der Waals surface area contributed by atoms with Crippen molar-refractivity contribution >= 4 is 23.1 Å². The Kier molecular flexibility index (Phi) is 2.67. The normalized spacial score (nSPS) is 10.3. The van der Waals surface area contributed by atoms with Crippen molar-refractivity contribution in [2.45, 2.75) is 0 Å². The van der Waals surface area contributed by atoms with Gasteiger partial charge in [0.1, 0.15) is 0 Å². The fourth-order valence-corrected chi connectivity index (χ4v) is 0.804. The molecule has 0 atom stereocenters. The molecule has 0 aliphatic heterocycles. The van der Waals surface area contributed by atoms with Crippen molar-refractivity contribution in [3.05, 3.63) is 11.5 Å². The molecular weight excluding hydrogens is 178 g/mol. The van der Waals surface area contributed by atoms with Crippen molar-refractivity contribution in [1.82, 2.24) is 15.0 Å². The zero-order chi connectivity index (χ0) is 9.14. The Morgan fingerprint density at radius 3 is 2.83 bits per heavy atom. The largest absolute Gasteiger partial charge is 0.394 e. The van der Waals surface area contributed by atoms with Crippen molar-refractivity contribution in [2.24, 2.45) is 0 Å². The highest BCUT2D eigenvalue weighted by atomic mass is 35.5. The molecule has 0 aromatic carbocycles. The molecule has 0 unspecified atom stereocenters. The smallest absolute Gasteiger partial charge is 0.224 e. The van der Waals surface area contributed by atoms with E-state index in [0.717, 1.165) is 0 Å². The number of nitrogens with two attached hydrogens (primary N) is 1. The van der Waals surface area contributed by atoms with E-state index in [1.54, 1.807) is 5.01 Å². The zero-order valence-electron chi connectivity index (χ0n) is 6.87. The molecule has 1 aromatic heterocycles. The molecular formula is C6H10ClN5. The Balaban J connectivity index is 2.90. The van der Waals surface area contributed by atoms with Crippen LogP contribution >= 0.6 is 11.6 Å². The van der Waals surface area contributed by atoms with Crippen molar-refractivity contribution in [3.8, 4) is 0 Å². The van der Waals surface area contributed by atoms with Gasteiger partial charge in [0.25, 0.3) is 0 Å². The molecule has 0 amide bonds. The maximum atomic E-state index is 5.56. The fourth-order valence-electron chi connectivity index (χ4n) is 0.671. The van der Waals surface area contributed by atoms with E-state index in [1.165, 1.54) is 6.20 Å². The van der Waals surface area contributed by atoms with E-state index < -0.39 is 0 Å². The van der Waals surface area contributed by atoms with Gasteiger partial charge in [0, 0.05) is 14.1 Å². The lowest BCUT2D eigenvalue weighted by Gasteiger charge is -2.13. The second-order valence-electron chi connectivity index (χ2n) is 2.45. The van der Waals surface area contributed by atoms with E-state index in [0.29, 0.717) is 11.5 Å². The van der Waals surface area contributed by atoms with Gasteiger partial charge in [-0.25, -0.2) is 9.99 Å². The average Bonchev–Trinajstić information content (AvgIpc) is 1.96. The number of hydrogen-bond donors (Lipinski definition) is 2. The summed E-state index contributed by atoms with van der Waals surface area (Å²) in [6.07, 6.45) is 1.46. The molecule has 5 nitrogen and oxygen atoms in total. The highest BCUT2D eigenvalue weighted by Crippen LogP contribution is 2.15. The quantitative estimate of drug-likeness (QED) is 0.524. The first-order chi connectivity index (χ1) is 5.59. The maximum absolute atomic E-state index is 5.56. The number of nitrogens with one attached hydrogen (secondary N) is 1. The van der Waals surface area contributed by atoms with Crippen LogP contribution in [0.1, 0.15) is 0 Å². The number of aromatic nitrogens is 2. The van der Waals surface area contributed by atoms with Gasteiger partial charge in [0.15, 0.2) is 5.82 Å². The molecule has 0 spiro atoms. The van der Waals surface area contributed by atoms with Crippen molar-refractivity contribution < 1.29 is 0 Å². The van der Waals surface area contributed by atoms with Gasteiger partial charge in [-0.2, -0.15) is 4.98 Å². The molecule has 6 heteroatoms. The monoisotopic (exact) mass is 187 g/mol. The zero-order valence-corrected chi connectivity index (χ0v) is 7.63. The summed E-state index contributed by atoms with van der Waals surface area (Å²) >= 11 is 5.56. The Morgan fingerprint density at radius 2 is 2.25 bits per heavy atom. The summed E-state index contributed by atoms with van der Waals surface area (Å²) in [6, 6.07) is 0. The van der Waals surface area contributed by atoms with Crippen LogP contribution in [0.5, 0.6) is 0 Å². The molecule has 0 bridgehead atoms. The van der Waals surface area contributed by atoms with Gasteiger partial charge in [0.2, 0.25) is 5.28 Å². The molecule has 1 rings (SSSR count). The molecule has 12 heavy (non-hydrogen) atoms. The van der Waals surface area contributed by atoms with Crippen LogP contribution in [0.4, 0.5) is 11.5 Å². The van der Waals surface area contributed by atoms with Gasteiger partial charge in [-0.05, 0) is 11.6 Å². The van der Waals surface area contributed by atoms with Crippen molar-refractivity contribution in [3.63, 3.8) is 0 Å².